The molecular formula is C24H23FN4O3S2. The van der Waals surface area contributed by atoms with Gasteiger partial charge in [0.1, 0.15) is 16.5 Å². The number of hydrogen-bond donors (Lipinski definition) is 1. The number of carbonyl (C=O) groups is 1. The number of morpholine rings is 1. The van der Waals surface area contributed by atoms with Gasteiger partial charge in [-0.05, 0) is 49.4 Å². The lowest BCUT2D eigenvalue weighted by Crippen LogP contribution is -2.42. The number of hydrogen-bond acceptors (Lipinski definition) is 7. The Hall–Kier alpha value is -3.10. The fourth-order valence-corrected chi connectivity index (χ4v) is 5.56. The molecule has 3 heterocycles. The van der Waals surface area contributed by atoms with Crippen LogP contribution in [0.2, 0.25) is 0 Å². The Bertz CT molecular complexity index is 1390. The molecule has 10 heteroatoms. The molecule has 0 atom stereocenters. The average molecular weight is 499 g/mol. The van der Waals surface area contributed by atoms with Gasteiger partial charge in [0.25, 0.3) is 11.5 Å². The Morgan fingerprint density at radius 1 is 1.21 bits per heavy atom. The van der Waals surface area contributed by atoms with Gasteiger partial charge in [-0.1, -0.05) is 0 Å². The van der Waals surface area contributed by atoms with E-state index < -0.39 is 11.7 Å². The molecule has 7 nitrogen and oxygen atoms in total. The van der Waals surface area contributed by atoms with Crippen molar-refractivity contribution in [3.63, 3.8) is 0 Å². The Morgan fingerprint density at radius 2 is 1.94 bits per heavy atom. The first-order chi connectivity index (χ1) is 16.5. The average Bonchev–Trinajstić information content (AvgIpc) is 3.38. The maximum atomic E-state index is 13.5. The second-order valence-corrected chi connectivity index (χ2v) is 10.0. The third-order valence-electron chi connectivity index (χ3n) is 5.31. The van der Waals surface area contributed by atoms with E-state index in [4.69, 9.17) is 4.74 Å². The van der Waals surface area contributed by atoms with Crippen molar-refractivity contribution in [2.75, 3.05) is 39.4 Å². The normalized spacial score (nSPS) is 15.7. The molecule has 3 aromatic rings. The lowest BCUT2D eigenvalue weighted by Gasteiger charge is -2.26. The molecule has 34 heavy (non-hydrogen) atoms. The molecule has 1 aliphatic heterocycles. The van der Waals surface area contributed by atoms with Gasteiger partial charge in [0, 0.05) is 35.9 Å². The minimum atomic E-state index is -0.550. The summed E-state index contributed by atoms with van der Waals surface area (Å²) in [5.41, 5.74) is -0.143. The molecule has 1 saturated heterocycles. The van der Waals surface area contributed by atoms with Gasteiger partial charge in [0.15, 0.2) is 5.57 Å². The van der Waals surface area contributed by atoms with E-state index in [2.05, 4.69) is 10.2 Å². The molecule has 2 aromatic heterocycles. The van der Waals surface area contributed by atoms with Gasteiger partial charge >= 0.3 is 0 Å². The molecule has 1 fully saturated rings. The smallest absolute Gasteiger partial charge is 0.273 e. The topological polar surface area (TPSA) is 87.4 Å². The summed E-state index contributed by atoms with van der Waals surface area (Å²) >= 11 is 2.61. The van der Waals surface area contributed by atoms with Crippen LogP contribution in [0.1, 0.15) is 9.75 Å². The van der Waals surface area contributed by atoms with Gasteiger partial charge in [0.05, 0.1) is 23.4 Å². The van der Waals surface area contributed by atoms with Crippen LogP contribution in [-0.4, -0.2) is 54.8 Å². The summed E-state index contributed by atoms with van der Waals surface area (Å²) in [7, 11) is 0. The fourth-order valence-electron chi connectivity index (χ4n) is 3.57. The SMILES string of the molecule is Cc1ccc(C=c2sc(=C(C#N)C(=O)NCCN3CCOCC3)n(-c3ccc(F)cc3)c2=O)s1. The first kappa shape index (κ1) is 24.0. The van der Waals surface area contributed by atoms with E-state index in [0.717, 1.165) is 34.2 Å². The van der Waals surface area contributed by atoms with E-state index >= 15 is 0 Å². The molecule has 1 amide bonds. The minimum Gasteiger partial charge on any atom is -0.379 e. The molecule has 0 bridgehead atoms. The lowest BCUT2D eigenvalue weighted by atomic mass is 10.2. The highest BCUT2D eigenvalue weighted by Crippen LogP contribution is 2.15. The molecular weight excluding hydrogens is 475 g/mol. The molecule has 4 rings (SSSR count). The predicted molar refractivity (Wildman–Crippen MR) is 131 cm³/mol. The van der Waals surface area contributed by atoms with Gasteiger partial charge in [0.2, 0.25) is 0 Å². The van der Waals surface area contributed by atoms with Gasteiger partial charge in [-0.15, -0.1) is 22.7 Å². The number of halogens is 1. The Balaban J connectivity index is 1.75. The first-order valence-corrected chi connectivity index (χ1v) is 12.4. The van der Waals surface area contributed by atoms with Crippen molar-refractivity contribution in [3.05, 3.63) is 71.5 Å². The fraction of sp³-hybridized carbons (Fsp3) is 0.292. The van der Waals surface area contributed by atoms with Crippen molar-refractivity contribution in [1.82, 2.24) is 14.8 Å². The van der Waals surface area contributed by atoms with Crippen LogP contribution in [0.5, 0.6) is 0 Å². The van der Waals surface area contributed by atoms with Gasteiger partial charge < -0.3 is 10.1 Å². The van der Waals surface area contributed by atoms with E-state index in [9.17, 15) is 19.2 Å². The summed E-state index contributed by atoms with van der Waals surface area (Å²) in [6, 6.07) is 11.2. The van der Waals surface area contributed by atoms with E-state index in [1.165, 1.54) is 40.2 Å². The zero-order valence-corrected chi connectivity index (χ0v) is 20.2. The maximum absolute atomic E-state index is 13.5. The van der Waals surface area contributed by atoms with Gasteiger partial charge in [-0.3, -0.25) is 19.1 Å². The highest BCUT2D eigenvalue weighted by molar-refractivity contribution is 7.13. The molecule has 0 unspecified atom stereocenters. The molecule has 1 aliphatic rings. The summed E-state index contributed by atoms with van der Waals surface area (Å²) in [6.45, 7) is 5.88. The molecule has 0 radical (unpaired) electrons. The lowest BCUT2D eigenvalue weighted by molar-refractivity contribution is -0.115. The third kappa shape index (κ3) is 5.51. The minimum absolute atomic E-state index is 0.157. The number of ether oxygens (including phenoxy) is 1. The van der Waals surface area contributed by atoms with Crippen LogP contribution in [0.4, 0.5) is 4.39 Å². The summed E-state index contributed by atoms with van der Waals surface area (Å²) in [6.07, 6.45) is 1.75. The number of amides is 1. The van der Waals surface area contributed by atoms with Gasteiger partial charge in [-0.2, -0.15) is 5.26 Å². The number of thiophene rings is 1. The van der Waals surface area contributed by atoms with Crippen LogP contribution in [-0.2, 0) is 9.53 Å². The van der Waals surface area contributed by atoms with Crippen LogP contribution < -0.4 is 20.1 Å². The highest BCUT2D eigenvalue weighted by atomic mass is 32.1. The van der Waals surface area contributed by atoms with E-state index in [1.54, 1.807) is 6.08 Å². The monoisotopic (exact) mass is 498 g/mol. The van der Waals surface area contributed by atoms with Crippen LogP contribution in [0.3, 0.4) is 0 Å². The number of aromatic nitrogens is 1. The van der Waals surface area contributed by atoms with Crippen LogP contribution in [0.25, 0.3) is 17.3 Å². The zero-order chi connectivity index (χ0) is 24.1. The quantitative estimate of drug-likeness (QED) is 0.555. The third-order valence-corrected chi connectivity index (χ3v) is 7.35. The van der Waals surface area contributed by atoms with E-state index in [0.29, 0.717) is 36.5 Å². The number of carbonyl (C=O) groups excluding carboxylic acids is 1. The van der Waals surface area contributed by atoms with Crippen LogP contribution in [0, 0.1) is 24.1 Å². The van der Waals surface area contributed by atoms with Crippen molar-refractivity contribution in [1.29, 1.82) is 5.26 Å². The maximum Gasteiger partial charge on any atom is 0.273 e. The summed E-state index contributed by atoms with van der Waals surface area (Å²) in [4.78, 5) is 30.4. The standard InChI is InChI=1S/C24H23FN4O3S2/c1-16-2-7-19(33-16)14-21-23(31)29(18-5-3-17(25)4-6-18)24(34-21)20(15-26)22(30)27-8-9-28-10-12-32-13-11-28/h2-7,14H,8-13H2,1H3,(H,27,30). The van der Waals surface area contributed by atoms with Crippen molar-refractivity contribution < 1.29 is 13.9 Å². The van der Waals surface area contributed by atoms with Gasteiger partial charge in [-0.25, -0.2) is 4.39 Å². The molecule has 1 aromatic carbocycles. The number of nitrogens with zero attached hydrogens (tertiary/aromatic N) is 3. The van der Waals surface area contributed by atoms with Crippen molar-refractivity contribution in [2.45, 2.75) is 6.92 Å². The van der Waals surface area contributed by atoms with E-state index in [-0.39, 0.29) is 15.8 Å². The molecule has 176 valence electrons. The number of benzene rings is 1. The van der Waals surface area contributed by atoms with Crippen LogP contribution >= 0.6 is 22.7 Å². The number of nitriles is 1. The number of thiazole rings is 1. The van der Waals surface area contributed by atoms with Crippen molar-refractivity contribution in [2.24, 2.45) is 0 Å². The Morgan fingerprint density at radius 3 is 2.59 bits per heavy atom. The molecule has 0 aliphatic carbocycles. The zero-order valence-electron chi connectivity index (χ0n) is 18.5. The number of aryl methyl sites for hydroxylation is 1. The first-order valence-electron chi connectivity index (χ1n) is 10.7. The largest absolute Gasteiger partial charge is 0.379 e. The highest BCUT2D eigenvalue weighted by Gasteiger charge is 2.18. The summed E-state index contributed by atoms with van der Waals surface area (Å²) in [5, 5.41) is 12.6. The summed E-state index contributed by atoms with van der Waals surface area (Å²) in [5.74, 6) is -0.994. The predicted octanol–water partition coefficient (Wildman–Crippen LogP) is 1.36. The number of nitrogens with one attached hydrogen (secondary N) is 1. The van der Waals surface area contributed by atoms with Crippen molar-refractivity contribution >= 4 is 40.2 Å². The second-order valence-electron chi connectivity index (χ2n) is 7.68. The molecule has 0 saturated carbocycles. The van der Waals surface area contributed by atoms with E-state index in [1.807, 2.05) is 25.1 Å². The van der Waals surface area contributed by atoms with Crippen LogP contribution in [0.15, 0.2) is 41.2 Å². The molecule has 0 spiro atoms. The second kappa shape index (κ2) is 10.9. The Kier molecular flexibility index (Phi) is 7.70. The van der Waals surface area contributed by atoms with Crippen molar-refractivity contribution in [3.8, 4) is 11.8 Å². The molecule has 1 N–H and O–H groups in total. The summed E-state index contributed by atoms with van der Waals surface area (Å²) < 4.78 is 20.7. The number of rotatable bonds is 6. The Labute approximate surface area is 203 Å².